The Morgan fingerprint density at radius 2 is 1.48 bits per heavy atom. The van der Waals surface area contributed by atoms with Gasteiger partial charge in [-0.15, -0.1) is 0 Å². The summed E-state index contributed by atoms with van der Waals surface area (Å²) in [6.07, 6.45) is 0. The predicted octanol–water partition coefficient (Wildman–Crippen LogP) is 1.56. The molecule has 0 radical (unpaired) electrons. The molecule has 23 heavy (non-hydrogen) atoms. The summed E-state index contributed by atoms with van der Waals surface area (Å²) in [5.74, 6) is -1.80. The minimum absolute atomic E-state index is 0.0983. The molecular formula is C14H12ClN3O4S. The average Bonchev–Trinajstić information content (AvgIpc) is 2.46. The number of nitrogens with one attached hydrogen (secondary N) is 2. The summed E-state index contributed by atoms with van der Waals surface area (Å²) in [6, 6.07) is 11.4. The Morgan fingerprint density at radius 3 is 2.00 bits per heavy atom. The minimum Gasteiger partial charge on any atom is -0.318 e. The monoisotopic (exact) mass is 353 g/mol. The van der Waals surface area contributed by atoms with Crippen molar-refractivity contribution >= 4 is 44.8 Å². The van der Waals surface area contributed by atoms with Crippen LogP contribution in [0.3, 0.4) is 0 Å². The highest BCUT2D eigenvalue weighted by Gasteiger charge is 2.15. The third-order valence-corrected chi connectivity index (χ3v) is 3.89. The van der Waals surface area contributed by atoms with Gasteiger partial charge in [0.2, 0.25) is 10.0 Å². The highest BCUT2D eigenvalue weighted by Crippen LogP contribution is 2.15. The smallest absolute Gasteiger partial charge is 0.314 e. The lowest BCUT2D eigenvalue weighted by atomic mass is 10.3. The average molecular weight is 354 g/mol. The number of carbonyl (C=O) groups is 2. The van der Waals surface area contributed by atoms with E-state index in [1.54, 1.807) is 18.2 Å². The van der Waals surface area contributed by atoms with E-state index in [2.05, 4.69) is 10.6 Å². The maximum Gasteiger partial charge on any atom is 0.314 e. The summed E-state index contributed by atoms with van der Waals surface area (Å²) < 4.78 is 22.2. The Bertz CT molecular complexity index is 851. The number of rotatable bonds is 3. The van der Waals surface area contributed by atoms with Crippen LogP contribution in [0.1, 0.15) is 0 Å². The molecule has 7 nitrogen and oxygen atoms in total. The Balaban J connectivity index is 2.02. The van der Waals surface area contributed by atoms with Crippen LogP contribution in [0.25, 0.3) is 0 Å². The van der Waals surface area contributed by atoms with Crippen molar-refractivity contribution in [2.24, 2.45) is 5.14 Å². The fourth-order valence-corrected chi connectivity index (χ4v) is 2.38. The first-order valence-corrected chi connectivity index (χ1v) is 8.19. The summed E-state index contributed by atoms with van der Waals surface area (Å²) in [7, 11) is -3.81. The molecule has 2 aromatic carbocycles. The molecule has 0 heterocycles. The van der Waals surface area contributed by atoms with Crippen molar-refractivity contribution in [1.82, 2.24) is 0 Å². The number of sulfonamides is 1. The van der Waals surface area contributed by atoms with Crippen molar-refractivity contribution in [2.75, 3.05) is 10.6 Å². The van der Waals surface area contributed by atoms with E-state index in [0.29, 0.717) is 10.7 Å². The van der Waals surface area contributed by atoms with E-state index in [9.17, 15) is 18.0 Å². The molecule has 0 fully saturated rings. The van der Waals surface area contributed by atoms with Crippen molar-refractivity contribution in [1.29, 1.82) is 0 Å². The van der Waals surface area contributed by atoms with Gasteiger partial charge in [0, 0.05) is 16.4 Å². The van der Waals surface area contributed by atoms with Gasteiger partial charge in [-0.1, -0.05) is 17.7 Å². The lowest BCUT2D eigenvalue weighted by molar-refractivity contribution is -0.132. The quantitative estimate of drug-likeness (QED) is 0.725. The Morgan fingerprint density at radius 1 is 0.913 bits per heavy atom. The van der Waals surface area contributed by atoms with Gasteiger partial charge in [0.05, 0.1) is 4.90 Å². The van der Waals surface area contributed by atoms with E-state index in [-0.39, 0.29) is 10.6 Å². The fourth-order valence-electron chi connectivity index (χ4n) is 1.67. The molecule has 0 aliphatic carbocycles. The van der Waals surface area contributed by atoms with E-state index in [4.69, 9.17) is 16.7 Å². The normalized spacial score (nSPS) is 10.9. The second-order valence-electron chi connectivity index (χ2n) is 4.49. The number of hydrogen-bond donors (Lipinski definition) is 3. The van der Waals surface area contributed by atoms with Crippen LogP contribution in [0.2, 0.25) is 5.02 Å². The van der Waals surface area contributed by atoms with Crippen molar-refractivity contribution in [3.05, 3.63) is 53.6 Å². The van der Waals surface area contributed by atoms with Crippen molar-refractivity contribution in [3.63, 3.8) is 0 Å². The lowest BCUT2D eigenvalue weighted by Crippen LogP contribution is -2.29. The van der Waals surface area contributed by atoms with Crippen molar-refractivity contribution in [3.8, 4) is 0 Å². The third kappa shape index (κ3) is 4.78. The first-order chi connectivity index (χ1) is 10.8. The van der Waals surface area contributed by atoms with E-state index in [1.165, 1.54) is 30.3 Å². The molecule has 2 aromatic rings. The zero-order chi connectivity index (χ0) is 17.0. The number of primary sulfonamides is 1. The number of carbonyl (C=O) groups excluding carboxylic acids is 2. The van der Waals surface area contributed by atoms with Crippen LogP contribution in [0, 0.1) is 0 Å². The molecule has 0 aliphatic heterocycles. The molecule has 0 saturated carbocycles. The number of nitrogens with two attached hydrogens (primary N) is 1. The predicted molar refractivity (Wildman–Crippen MR) is 86.5 cm³/mol. The zero-order valence-electron chi connectivity index (χ0n) is 11.6. The van der Waals surface area contributed by atoms with Crippen LogP contribution in [-0.4, -0.2) is 20.2 Å². The van der Waals surface area contributed by atoms with E-state index in [0.717, 1.165) is 0 Å². The first-order valence-electron chi connectivity index (χ1n) is 6.26. The molecule has 0 unspecified atom stereocenters. The number of hydrogen-bond acceptors (Lipinski definition) is 4. The highest BCUT2D eigenvalue weighted by molar-refractivity contribution is 7.89. The Labute approximate surface area is 137 Å². The zero-order valence-corrected chi connectivity index (χ0v) is 13.2. The maximum atomic E-state index is 11.8. The summed E-state index contributed by atoms with van der Waals surface area (Å²) in [6.45, 7) is 0. The molecule has 0 spiro atoms. The van der Waals surface area contributed by atoms with Gasteiger partial charge in [-0.25, -0.2) is 13.6 Å². The van der Waals surface area contributed by atoms with Crippen molar-refractivity contribution in [2.45, 2.75) is 4.90 Å². The molecule has 0 aromatic heterocycles. The molecule has 0 bridgehead atoms. The fraction of sp³-hybridized carbons (Fsp3) is 0. The molecule has 0 saturated heterocycles. The van der Waals surface area contributed by atoms with Crippen LogP contribution in [0.15, 0.2) is 53.4 Å². The number of benzene rings is 2. The summed E-state index contributed by atoms with van der Waals surface area (Å²) >= 11 is 5.78. The topological polar surface area (TPSA) is 118 Å². The van der Waals surface area contributed by atoms with Crippen molar-refractivity contribution < 1.29 is 18.0 Å². The highest BCUT2D eigenvalue weighted by atomic mass is 35.5. The molecule has 0 aliphatic rings. The standard InChI is InChI=1S/C14H12ClN3O4S/c15-9-2-1-3-11(8-9)18-14(20)13(19)17-10-4-6-12(7-5-10)23(16,21)22/h1-8H,(H,17,19)(H,18,20)(H2,16,21,22). The third-order valence-electron chi connectivity index (χ3n) is 2.73. The van der Waals surface area contributed by atoms with Gasteiger partial charge in [-0.2, -0.15) is 0 Å². The Hall–Kier alpha value is -2.42. The number of halogens is 1. The van der Waals surface area contributed by atoms with E-state index >= 15 is 0 Å². The Kier molecular flexibility index (Phi) is 4.99. The van der Waals surface area contributed by atoms with Gasteiger partial charge in [-0.05, 0) is 42.5 Å². The van der Waals surface area contributed by atoms with E-state index in [1.807, 2.05) is 0 Å². The van der Waals surface area contributed by atoms with Crippen LogP contribution in [-0.2, 0) is 19.6 Å². The largest absolute Gasteiger partial charge is 0.318 e. The van der Waals surface area contributed by atoms with Crippen LogP contribution < -0.4 is 15.8 Å². The molecular weight excluding hydrogens is 342 g/mol. The van der Waals surface area contributed by atoms with Gasteiger partial charge in [0.25, 0.3) is 0 Å². The minimum atomic E-state index is -3.81. The first kappa shape index (κ1) is 16.9. The summed E-state index contributed by atoms with van der Waals surface area (Å²) in [4.78, 5) is 23.5. The summed E-state index contributed by atoms with van der Waals surface area (Å²) in [5, 5.41) is 10.1. The lowest BCUT2D eigenvalue weighted by Gasteiger charge is -2.07. The van der Waals surface area contributed by atoms with Crippen LogP contribution >= 0.6 is 11.6 Å². The molecule has 120 valence electrons. The number of anilines is 2. The summed E-state index contributed by atoms with van der Waals surface area (Å²) in [5.41, 5.74) is 0.630. The van der Waals surface area contributed by atoms with Crippen LogP contribution in [0.5, 0.6) is 0 Å². The van der Waals surface area contributed by atoms with Crippen LogP contribution in [0.4, 0.5) is 11.4 Å². The molecule has 0 atom stereocenters. The second kappa shape index (κ2) is 6.78. The van der Waals surface area contributed by atoms with E-state index < -0.39 is 21.8 Å². The second-order valence-corrected chi connectivity index (χ2v) is 6.49. The molecule has 2 rings (SSSR count). The molecule has 4 N–H and O–H groups in total. The van der Waals surface area contributed by atoms with Gasteiger partial charge in [0.1, 0.15) is 0 Å². The number of amides is 2. The van der Waals surface area contributed by atoms with Gasteiger partial charge in [0.15, 0.2) is 0 Å². The maximum absolute atomic E-state index is 11.8. The SMILES string of the molecule is NS(=O)(=O)c1ccc(NC(=O)C(=O)Nc2cccc(Cl)c2)cc1. The van der Waals surface area contributed by atoms with Gasteiger partial charge in [-0.3, -0.25) is 9.59 Å². The molecule has 9 heteroatoms. The molecule has 2 amide bonds. The van der Waals surface area contributed by atoms with Gasteiger partial charge >= 0.3 is 11.8 Å². The van der Waals surface area contributed by atoms with Gasteiger partial charge < -0.3 is 10.6 Å².